The van der Waals surface area contributed by atoms with Gasteiger partial charge in [0.1, 0.15) is 5.82 Å². The highest BCUT2D eigenvalue weighted by Gasteiger charge is 2.27. The first-order chi connectivity index (χ1) is 18.0. The first kappa shape index (κ1) is 25.4. The van der Waals surface area contributed by atoms with Crippen molar-refractivity contribution in [3.8, 4) is 5.69 Å². The van der Waals surface area contributed by atoms with E-state index in [4.69, 9.17) is 0 Å². The van der Waals surface area contributed by atoms with Crippen LogP contribution in [-0.2, 0) is 0 Å². The SMILES string of the molecule is O=C(NC1CCC(CCN2CCC(C(=O)c3ccc(F)cc3)CC2)CC1)c1ccc(-n2cccc2)cc1. The predicted molar refractivity (Wildman–Crippen MR) is 143 cm³/mol. The van der Waals surface area contributed by atoms with Gasteiger partial charge in [0, 0.05) is 41.2 Å². The van der Waals surface area contributed by atoms with Crippen molar-refractivity contribution in [2.75, 3.05) is 19.6 Å². The lowest BCUT2D eigenvalue weighted by molar-refractivity contribution is 0.0832. The quantitative estimate of drug-likeness (QED) is 0.392. The summed E-state index contributed by atoms with van der Waals surface area (Å²) in [5.41, 5.74) is 2.38. The number of ketones is 1. The summed E-state index contributed by atoms with van der Waals surface area (Å²) in [5.74, 6) is 0.609. The number of Topliss-reactive ketones (excluding diaryl/α,β-unsaturated/α-hetero) is 1. The molecule has 0 unspecified atom stereocenters. The molecule has 0 radical (unpaired) electrons. The minimum Gasteiger partial charge on any atom is -0.349 e. The van der Waals surface area contributed by atoms with Crippen molar-refractivity contribution < 1.29 is 14.0 Å². The molecule has 1 N–H and O–H groups in total. The van der Waals surface area contributed by atoms with E-state index in [1.807, 2.05) is 53.4 Å². The summed E-state index contributed by atoms with van der Waals surface area (Å²) in [6.07, 6.45) is 11.3. The van der Waals surface area contributed by atoms with E-state index in [9.17, 15) is 14.0 Å². The van der Waals surface area contributed by atoms with Gasteiger partial charge in [0.05, 0.1) is 0 Å². The smallest absolute Gasteiger partial charge is 0.251 e. The number of hydrogen-bond donors (Lipinski definition) is 1. The van der Waals surface area contributed by atoms with Gasteiger partial charge in [-0.1, -0.05) is 0 Å². The third-order valence-electron chi connectivity index (χ3n) is 8.15. The summed E-state index contributed by atoms with van der Waals surface area (Å²) in [6.45, 7) is 2.98. The number of nitrogens with zero attached hydrogens (tertiary/aromatic N) is 2. The molecule has 3 aromatic rings. The van der Waals surface area contributed by atoms with Gasteiger partial charge in [0.15, 0.2) is 5.78 Å². The molecule has 1 amide bonds. The van der Waals surface area contributed by atoms with Gasteiger partial charge in [-0.25, -0.2) is 4.39 Å². The highest BCUT2D eigenvalue weighted by molar-refractivity contribution is 5.97. The second-order valence-electron chi connectivity index (χ2n) is 10.6. The minimum atomic E-state index is -0.304. The number of piperidine rings is 1. The van der Waals surface area contributed by atoms with Crippen molar-refractivity contribution in [2.24, 2.45) is 11.8 Å². The van der Waals surface area contributed by atoms with Crippen LogP contribution in [0.5, 0.6) is 0 Å². The Kier molecular flexibility index (Phi) is 8.15. The Labute approximate surface area is 218 Å². The molecule has 1 aliphatic heterocycles. The van der Waals surface area contributed by atoms with E-state index in [2.05, 4.69) is 10.2 Å². The van der Waals surface area contributed by atoms with Crippen molar-refractivity contribution in [1.82, 2.24) is 14.8 Å². The van der Waals surface area contributed by atoms with Gasteiger partial charge in [-0.3, -0.25) is 9.59 Å². The van der Waals surface area contributed by atoms with Gasteiger partial charge < -0.3 is 14.8 Å². The molecule has 5 nitrogen and oxygen atoms in total. The summed E-state index contributed by atoms with van der Waals surface area (Å²) >= 11 is 0. The molecule has 1 aromatic heterocycles. The lowest BCUT2D eigenvalue weighted by Gasteiger charge is -2.34. The molecule has 194 valence electrons. The molecule has 2 aliphatic rings. The Balaban J connectivity index is 0.997. The Morgan fingerprint density at radius 2 is 1.43 bits per heavy atom. The molecule has 1 saturated heterocycles. The Hall–Kier alpha value is -3.25. The monoisotopic (exact) mass is 501 g/mol. The maximum absolute atomic E-state index is 13.1. The first-order valence-corrected chi connectivity index (χ1v) is 13.6. The van der Waals surface area contributed by atoms with Gasteiger partial charge in [-0.2, -0.15) is 0 Å². The number of carbonyl (C=O) groups is 2. The van der Waals surface area contributed by atoms with Gasteiger partial charge in [-0.15, -0.1) is 0 Å². The van der Waals surface area contributed by atoms with Crippen molar-refractivity contribution in [3.05, 3.63) is 90.0 Å². The zero-order chi connectivity index (χ0) is 25.6. The van der Waals surface area contributed by atoms with Crippen molar-refractivity contribution in [3.63, 3.8) is 0 Å². The van der Waals surface area contributed by atoms with Crippen LogP contribution in [0.3, 0.4) is 0 Å². The number of carbonyl (C=O) groups excluding carboxylic acids is 2. The highest BCUT2D eigenvalue weighted by atomic mass is 19.1. The van der Waals surface area contributed by atoms with E-state index >= 15 is 0 Å². The number of likely N-dealkylation sites (tertiary alicyclic amines) is 1. The van der Waals surface area contributed by atoms with Crippen LogP contribution in [0.4, 0.5) is 4.39 Å². The van der Waals surface area contributed by atoms with Crippen LogP contribution in [-0.4, -0.2) is 46.8 Å². The number of benzene rings is 2. The van der Waals surface area contributed by atoms with E-state index in [1.165, 1.54) is 18.6 Å². The van der Waals surface area contributed by atoms with Gasteiger partial charge in [-0.05, 0) is 131 Å². The van der Waals surface area contributed by atoms with Crippen LogP contribution in [0, 0.1) is 17.7 Å². The second kappa shape index (κ2) is 11.9. The van der Waals surface area contributed by atoms with E-state index < -0.39 is 0 Å². The van der Waals surface area contributed by atoms with Gasteiger partial charge in [0.25, 0.3) is 5.91 Å². The van der Waals surface area contributed by atoms with Crippen LogP contribution in [0.2, 0.25) is 0 Å². The van der Waals surface area contributed by atoms with Crippen LogP contribution in [0.1, 0.15) is 65.7 Å². The van der Waals surface area contributed by atoms with Crippen LogP contribution >= 0.6 is 0 Å². The summed E-state index contributed by atoms with van der Waals surface area (Å²) in [7, 11) is 0. The number of nitrogens with one attached hydrogen (secondary N) is 1. The fraction of sp³-hybridized carbons (Fsp3) is 0.419. The Bertz CT molecular complexity index is 1160. The maximum Gasteiger partial charge on any atom is 0.251 e. The average Bonchev–Trinajstić information content (AvgIpc) is 3.48. The molecule has 0 bridgehead atoms. The molecule has 6 heteroatoms. The average molecular weight is 502 g/mol. The van der Waals surface area contributed by atoms with E-state index in [0.717, 1.165) is 63.8 Å². The zero-order valence-electron chi connectivity index (χ0n) is 21.3. The summed E-state index contributed by atoms with van der Waals surface area (Å²) in [4.78, 5) is 27.9. The molecule has 1 saturated carbocycles. The van der Waals surface area contributed by atoms with Crippen LogP contribution < -0.4 is 5.32 Å². The molecular formula is C31H36FN3O2. The third kappa shape index (κ3) is 6.55. The van der Waals surface area contributed by atoms with Gasteiger partial charge in [0.2, 0.25) is 0 Å². The van der Waals surface area contributed by atoms with E-state index in [1.54, 1.807) is 12.1 Å². The van der Waals surface area contributed by atoms with Crippen LogP contribution in [0.25, 0.3) is 5.69 Å². The Morgan fingerprint density at radius 3 is 2.08 bits per heavy atom. The van der Waals surface area contributed by atoms with Crippen molar-refractivity contribution in [2.45, 2.75) is 51.0 Å². The number of amides is 1. The maximum atomic E-state index is 13.1. The number of rotatable bonds is 8. The third-order valence-corrected chi connectivity index (χ3v) is 8.15. The largest absolute Gasteiger partial charge is 0.349 e. The predicted octanol–water partition coefficient (Wildman–Crippen LogP) is 5.89. The van der Waals surface area contributed by atoms with Crippen LogP contribution in [0.15, 0.2) is 73.1 Å². The molecule has 0 spiro atoms. The van der Waals surface area contributed by atoms with Gasteiger partial charge >= 0.3 is 0 Å². The fourth-order valence-electron chi connectivity index (χ4n) is 5.79. The summed E-state index contributed by atoms with van der Waals surface area (Å²) in [5, 5.41) is 3.24. The molecule has 37 heavy (non-hydrogen) atoms. The first-order valence-electron chi connectivity index (χ1n) is 13.6. The molecular weight excluding hydrogens is 465 g/mol. The standard InChI is InChI=1S/C31H36FN3O2/c32-27-9-5-24(6-10-27)30(36)25-16-21-34(22-17-25)20-15-23-3-11-28(12-4-23)33-31(37)26-7-13-29(14-8-26)35-18-1-2-19-35/h1-2,5-10,13-14,18-19,23,25,28H,3-4,11-12,15-17,20-22H2,(H,33,37). The number of hydrogen-bond acceptors (Lipinski definition) is 3. The van der Waals surface area contributed by atoms with E-state index in [-0.39, 0.29) is 29.5 Å². The molecule has 1 aliphatic carbocycles. The lowest BCUT2D eigenvalue weighted by atomic mass is 9.83. The summed E-state index contributed by atoms with van der Waals surface area (Å²) in [6, 6.07) is 17.9. The second-order valence-corrected chi connectivity index (χ2v) is 10.6. The molecule has 5 rings (SSSR count). The number of halogens is 1. The molecule has 0 atom stereocenters. The molecule has 2 aromatic carbocycles. The van der Waals surface area contributed by atoms with Crippen molar-refractivity contribution >= 4 is 11.7 Å². The normalized spacial score (nSPS) is 21.0. The molecule has 2 fully saturated rings. The number of aromatic nitrogens is 1. The fourth-order valence-corrected chi connectivity index (χ4v) is 5.79. The minimum absolute atomic E-state index is 0.0144. The van der Waals surface area contributed by atoms with E-state index in [0.29, 0.717) is 17.0 Å². The zero-order valence-corrected chi connectivity index (χ0v) is 21.3. The summed E-state index contributed by atoms with van der Waals surface area (Å²) < 4.78 is 15.2. The highest BCUT2D eigenvalue weighted by Crippen LogP contribution is 2.29. The topological polar surface area (TPSA) is 54.3 Å². The lowest BCUT2D eigenvalue weighted by Crippen LogP contribution is -2.39. The molecule has 2 heterocycles. The Morgan fingerprint density at radius 1 is 0.811 bits per heavy atom. The van der Waals surface area contributed by atoms with Crippen molar-refractivity contribution in [1.29, 1.82) is 0 Å².